The normalized spacial score (nSPS) is 20.2. The number of sulfonamides is 1. The highest BCUT2D eigenvalue weighted by molar-refractivity contribution is 8.00. The van der Waals surface area contributed by atoms with Gasteiger partial charge in [-0.2, -0.15) is 16.1 Å². The van der Waals surface area contributed by atoms with Crippen LogP contribution in [-0.4, -0.2) is 36.3 Å². The van der Waals surface area contributed by atoms with E-state index < -0.39 is 10.0 Å². The predicted molar refractivity (Wildman–Crippen MR) is 90.5 cm³/mol. The van der Waals surface area contributed by atoms with Crippen molar-refractivity contribution >= 4 is 39.1 Å². The zero-order valence-corrected chi connectivity index (χ0v) is 14.9. The Morgan fingerprint density at radius 3 is 2.67 bits per heavy atom. The first-order valence-electron chi connectivity index (χ1n) is 6.83. The summed E-state index contributed by atoms with van der Waals surface area (Å²) in [7, 11) is -3.60. The summed E-state index contributed by atoms with van der Waals surface area (Å²) in [5, 5.41) is 0.234. The Morgan fingerprint density at radius 1 is 1.33 bits per heavy atom. The maximum atomic E-state index is 12.8. The summed E-state index contributed by atoms with van der Waals surface area (Å²) in [5.41, 5.74) is 7.07. The van der Waals surface area contributed by atoms with Crippen LogP contribution in [0.3, 0.4) is 0 Å². The second-order valence-corrected chi connectivity index (χ2v) is 10.0. The summed E-state index contributed by atoms with van der Waals surface area (Å²) in [4.78, 5) is 0.108. The highest BCUT2D eigenvalue weighted by Crippen LogP contribution is 2.34. The molecule has 0 atom stereocenters. The van der Waals surface area contributed by atoms with Crippen LogP contribution in [0.5, 0.6) is 0 Å². The SMILES string of the molecule is Cc1cc(Cl)c(S(=O)(=O)N2CCSC(C)(C)CC2)cc1N. The highest BCUT2D eigenvalue weighted by Gasteiger charge is 2.32. The summed E-state index contributed by atoms with van der Waals surface area (Å²) in [6, 6.07) is 3.08. The second-order valence-electron chi connectivity index (χ2n) is 5.90. The van der Waals surface area contributed by atoms with Crippen molar-refractivity contribution in [1.82, 2.24) is 4.31 Å². The number of thioether (sulfide) groups is 1. The first kappa shape index (κ1) is 16.9. The summed E-state index contributed by atoms with van der Waals surface area (Å²) >= 11 is 7.94. The number of aryl methyl sites for hydroxylation is 1. The van der Waals surface area contributed by atoms with Crippen molar-refractivity contribution in [3.63, 3.8) is 0 Å². The Bertz CT molecular complexity index is 645. The van der Waals surface area contributed by atoms with Crippen LogP contribution in [0, 0.1) is 6.92 Å². The van der Waals surface area contributed by atoms with Crippen LogP contribution in [0.1, 0.15) is 25.8 Å². The molecule has 0 unspecified atom stereocenters. The predicted octanol–water partition coefficient (Wildman–Crippen LogP) is 3.14. The smallest absolute Gasteiger partial charge is 0.244 e. The number of benzene rings is 1. The topological polar surface area (TPSA) is 63.4 Å². The van der Waals surface area contributed by atoms with E-state index in [4.69, 9.17) is 17.3 Å². The lowest BCUT2D eigenvalue weighted by Crippen LogP contribution is -2.34. The minimum Gasteiger partial charge on any atom is -0.398 e. The minimum atomic E-state index is -3.60. The van der Waals surface area contributed by atoms with E-state index in [-0.39, 0.29) is 14.7 Å². The molecule has 0 bridgehead atoms. The van der Waals surface area contributed by atoms with Crippen molar-refractivity contribution in [3.8, 4) is 0 Å². The zero-order valence-electron chi connectivity index (χ0n) is 12.5. The monoisotopic (exact) mass is 348 g/mol. The molecule has 118 valence electrons. The molecule has 1 aromatic rings. The summed E-state index contributed by atoms with van der Waals surface area (Å²) in [6.45, 7) is 7.10. The van der Waals surface area contributed by atoms with Gasteiger partial charge < -0.3 is 5.73 Å². The van der Waals surface area contributed by atoms with Crippen LogP contribution in [0.2, 0.25) is 5.02 Å². The van der Waals surface area contributed by atoms with Crippen LogP contribution in [0.4, 0.5) is 5.69 Å². The number of hydrogen-bond acceptors (Lipinski definition) is 4. The molecule has 0 spiro atoms. The number of halogens is 1. The van der Waals surface area contributed by atoms with Gasteiger partial charge in [0.15, 0.2) is 0 Å². The molecule has 1 heterocycles. The molecule has 1 aromatic carbocycles. The summed E-state index contributed by atoms with van der Waals surface area (Å²) in [5.74, 6) is 0.783. The van der Waals surface area contributed by atoms with Gasteiger partial charge in [0.2, 0.25) is 10.0 Å². The third-order valence-electron chi connectivity index (χ3n) is 3.74. The molecule has 0 aromatic heterocycles. The lowest BCUT2D eigenvalue weighted by atomic mass is 10.1. The Balaban J connectivity index is 2.36. The molecular weight excluding hydrogens is 328 g/mol. The van der Waals surface area contributed by atoms with E-state index >= 15 is 0 Å². The molecule has 1 aliphatic rings. The average molecular weight is 349 g/mol. The Kier molecular flexibility index (Phi) is 4.83. The number of anilines is 1. The van der Waals surface area contributed by atoms with E-state index in [9.17, 15) is 8.42 Å². The summed E-state index contributed by atoms with van der Waals surface area (Å²) in [6.07, 6.45) is 0.815. The van der Waals surface area contributed by atoms with Gasteiger partial charge in [0.05, 0.1) is 5.02 Å². The van der Waals surface area contributed by atoms with E-state index in [2.05, 4.69) is 13.8 Å². The lowest BCUT2D eigenvalue weighted by Gasteiger charge is -2.23. The van der Waals surface area contributed by atoms with Crippen LogP contribution >= 0.6 is 23.4 Å². The number of nitrogens with zero attached hydrogens (tertiary/aromatic N) is 1. The third-order valence-corrected chi connectivity index (χ3v) is 7.47. The van der Waals surface area contributed by atoms with Gasteiger partial charge in [0.1, 0.15) is 4.90 Å². The first-order valence-corrected chi connectivity index (χ1v) is 9.63. The van der Waals surface area contributed by atoms with Crippen molar-refractivity contribution in [2.45, 2.75) is 36.8 Å². The Labute approximate surface area is 136 Å². The zero-order chi connectivity index (χ0) is 15.8. The second kappa shape index (κ2) is 5.99. The van der Waals surface area contributed by atoms with Gasteiger partial charge in [-0.15, -0.1) is 0 Å². The van der Waals surface area contributed by atoms with Crippen molar-refractivity contribution in [1.29, 1.82) is 0 Å². The van der Waals surface area contributed by atoms with E-state index in [1.165, 1.54) is 10.4 Å². The fourth-order valence-corrected chi connectivity index (χ4v) is 5.50. The van der Waals surface area contributed by atoms with Crippen LogP contribution < -0.4 is 5.73 Å². The molecule has 7 heteroatoms. The molecule has 4 nitrogen and oxygen atoms in total. The van der Waals surface area contributed by atoms with Crippen LogP contribution in [-0.2, 0) is 10.0 Å². The molecule has 1 saturated heterocycles. The third kappa shape index (κ3) is 3.67. The van der Waals surface area contributed by atoms with Crippen LogP contribution in [0.25, 0.3) is 0 Å². The number of nitrogens with two attached hydrogens (primary N) is 1. The van der Waals surface area contributed by atoms with Gasteiger partial charge in [-0.3, -0.25) is 0 Å². The fourth-order valence-electron chi connectivity index (χ4n) is 2.25. The molecule has 0 radical (unpaired) electrons. The molecule has 21 heavy (non-hydrogen) atoms. The van der Waals surface area contributed by atoms with Crippen molar-refractivity contribution < 1.29 is 8.42 Å². The molecule has 2 N–H and O–H groups in total. The van der Waals surface area contributed by atoms with Crippen molar-refractivity contribution in [3.05, 3.63) is 22.7 Å². The maximum Gasteiger partial charge on any atom is 0.244 e. The van der Waals surface area contributed by atoms with E-state index in [0.717, 1.165) is 17.7 Å². The van der Waals surface area contributed by atoms with Gasteiger partial charge in [0.25, 0.3) is 0 Å². The minimum absolute atomic E-state index is 0.0976. The standard InChI is InChI=1S/C14H21ClN2O2S2/c1-10-8-11(15)13(9-12(10)16)21(18,19)17-5-4-14(2,3)20-7-6-17/h8-9H,4-7,16H2,1-3H3. The van der Waals surface area contributed by atoms with E-state index in [1.54, 1.807) is 17.8 Å². The molecule has 0 amide bonds. The lowest BCUT2D eigenvalue weighted by molar-refractivity contribution is 0.415. The largest absolute Gasteiger partial charge is 0.398 e. The molecule has 2 rings (SSSR count). The molecule has 1 aliphatic heterocycles. The quantitative estimate of drug-likeness (QED) is 0.834. The molecular formula is C14H21ClN2O2S2. The van der Waals surface area contributed by atoms with Gasteiger partial charge in [-0.05, 0) is 31.0 Å². The van der Waals surface area contributed by atoms with Gasteiger partial charge in [0, 0.05) is 29.3 Å². The molecule has 0 saturated carbocycles. The summed E-state index contributed by atoms with van der Waals surface area (Å²) < 4.78 is 27.2. The first-order chi connectivity index (χ1) is 9.63. The Morgan fingerprint density at radius 2 is 2.00 bits per heavy atom. The number of hydrogen-bond donors (Lipinski definition) is 1. The molecule has 0 aliphatic carbocycles. The number of nitrogen functional groups attached to an aromatic ring is 1. The van der Waals surface area contributed by atoms with Gasteiger partial charge in [-0.25, -0.2) is 8.42 Å². The average Bonchev–Trinajstić information content (AvgIpc) is 2.55. The fraction of sp³-hybridized carbons (Fsp3) is 0.571. The highest BCUT2D eigenvalue weighted by atomic mass is 35.5. The molecule has 1 fully saturated rings. The van der Waals surface area contributed by atoms with Crippen LogP contribution in [0.15, 0.2) is 17.0 Å². The van der Waals surface area contributed by atoms with Gasteiger partial charge in [-0.1, -0.05) is 25.4 Å². The number of rotatable bonds is 2. The Hall–Kier alpha value is -0.430. The van der Waals surface area contributed by atoms with E-state index in [0.29, 0.717) is 18.8 Å². The van der Waals surface area contributed by atoms with Crippen molar-refractivity contribution in [2.75, 3.05) is 24.6 Å². The van der Waals surface area contributed by atoms with Gasteiger partial charge >= 0.3 is 0 Å². The maximum absolute atomic E-state index is 12.8. The van der Waals surface area contributed by atoms with Crippen molar-refractivity contribution in [2.24, 2.45) is 0 Å². The van der Waals surface area contributed by atoms with E-state index in [1.807, 2.05) is 6.92 Å².